The van der Waals surface area contributed by atoms with Crippen LogP contribution in [0.4, 0.5) is 4.39 Å². The molecule has 2 rings (SSSR count). The summed E-state index contributed by atoms with van der Waals surface area (Å²) in [5.74, 6) is -0.145. The van der Waals surface area contributed by atoms with Gasteiger partial charge in [-0.05, 0) is 61.3 Å². The Bertz CT molecular complexity index is 388. The predicted molar refractivity (Wildman–Crippen MR) is 66.4 cm³/mol. The number of alkyl halides is 1. The molecule has 1 aliphatic rings. The quantitative estimate of drug-likeness (QED) is 0.669. The van der Waals surface area contributed by atoms with Gasteiger partial charge in [0.1, 0.15) is 5.82 Å². The Morgan fingerprint density at radius 3 is 2.81 bits per heavy atom. The van der Waals surface area contributed by atoms with Gasteiger partial charge in [0, 0.05) is 5.38 Å². The van der Waals surface area contributed by atoms with E-state index >= 15 is 0 Å². The van der Waals surface area contributed by atoms with Crippen molar-refractivity contribution in [3.05, 3.63) is 35.1 Å². The number of hydrogen-bond donors (Lipinski definition) is 0. The predicted octanol–water partition coefficient (Wildman–Crippen LogP) is 4.47. The van der Waals surface area contributed by atoms with Gasteiger partial charge < -0.3 is 0 Å². The third-order valence-electron chi connectivity index (χ3n) is 3.70. The van der Waals surface area contributed by atoms with Gasteiger partial charge in [-0.2, -0.15) is 0 Å². The van der Waals surface area contributed by atoms with Crippen LogP contribution in [0, 0.1) is 18.2 Å². The lowest BCUT2D eigenvalue weighted by Gasteiger charge is -2.24. The van der Waals surface area contributed by atoms with Gasteiger partial charge in [0.2, 0.25) is 0 Å². The molecule has 0 bridgehead atoms. The third kappa shape index (κ3) is 2.57. The molecule has 0 radical (unpaired) electrons. The number of hydrogen-bond acceptors (Lipinski definition) is 0. The van der Waals surface area contributed by atoms with E-state index in [2.05, 4.69) is 6.92 Å². The van der Waals surface area contributed by atoms with Crippen molar-refractivity contribution >= 4 is 11.6 Å². The zero-order chi connectivity index (χ0) is 11.8. The first-order valence-corrected chi connectivity index (χ1v) is 6.31. The van der Waals surface area contributed by atoms with Crippen LogP contribution in [-0.2, 0) is 6.42 Å². The highest BCUT2D eigenvalue weighted by Crippen LogP contribution is 2.43. The van der Waals surface area contributed by atoms with E-state index < -0.39 is 0 Å². The van der Waals surface area contributed by atoms with Gasteiger partial charge in [-0.3, -0.25) is 0 Å². The van der Waals surface area contributed by atoms with Crippen LogP contribution >= 0.6 is 11.6 Å². The van der Waals surface area contributed by atoms with Crippen LogP contribution in [-0.4, -0.2) is 5.38 Å². The van der Waals surface area contributed by atoms with Crippen molar-refractivity contribution < 1.29 is 4.39 Å². The average Bonchev–Trinajstić information content (AvgIpc) is 2.52. The molecule has 1 fully saturated rings. The summed E-state index contributed by atoms with van der Waals surface area (Å²) in [5.41, 5.74) is 2.61. The first-order chi connectivity index (χ1) is 7.48. The summed E-state index contributed by atoms with van der Waals surface area (Å²) in [6.45, 7) is 4.27. The monoisotopic (exact) mass is 240 g/mol. The molecule has 0 heterocycles. The average molecular weight is 241 g/mol. The molecule has 2 heteroatoms. The molecule has 1 aromatic carbocycles. The Morgan fingerprint density at radius 1 is 1.50 bits per heavy atom. The molecule has 0 spiro atoms. The van der Waals surface area contributed by atoms with Crippen molar-refractivity contribution in [2.45, 2.75) is 44.9 Å². The molecule has 1 saturated carbocycles. The van der Waals surface area contributed by atoms with Gasteiger partial charge in [0.15, 0.2) is 0 Å². The largest absolute Gasteiger partial charge is 0.207 e. The van der Waals surface area contributed by atoms with E-state index in [-0.39, 0.29) is 5.82 Å². The molecule has 0 nitrogen and oxygen atoms in total. The van der Waals surface area contributed by atoms with Gasteiger partial charge in [0.05, 0.1) is 0 Å². The van der Waals surface area contributed by atoms with Crippen molar-refractivity contribution in [2.24, 2.45) is 5.41 Å². The zero-order valence-corrected chi connectivity index (χ0v) is 10.6. The molecule has 0 aliphatic heterocycles. The number of benzene rings is 1. The van der Waals surface area contributed by atoms with Crippen molar-refractivity contribution in [3.63, 3.8) is 0 Å². The van der Waals surface area contributed by atoms with Crippen LogP contribution in [0.3, 0.4) is 0 Å². The Labute approximate surface area is 102 Å². The van der Waals surface area contributed by atoms with Gasteiger partial charge in [0.25, 0.3) is 0 Å². The molecule has 2 atom stereocenters. The maximum Gasteiger partial charge on any atom is 0.123 e. The molecule has 2 unspecified atom stereocenters. The molecule has 0 N–H and O–H groups in total. The summed E-state index contributed by atoms with van der Waals surface area (Å²) >= 11 is 6.17. The minimum Gasteiger partial charge on any atom is -0.207 e. The van der Waals surface area contributed by atoms with Crippen LogP contribution in [0.5, 0.6) is 0 Å². The van der Waals surface area contributed by atoms with Gasteiger partial charge in [-0.1, -0.05) is 13.0 Å². The van der Waals surface area contributed by atoms with Crippen molar-refractivity contribution in [2.75, 3.05) is 0 Å². The lowest BCUT2D eigenvalue weighted by molar-refractivity contribution is 0.334. The van der Waals surface area contributed by atoms with Crippen LogP contribution in [0.25, 0.3) is 0 Å². The summed E-state index contributed by atoms with van der Waals surface area (Å²) in [5, 5.41) is 0.325. The van der Waals surface area contributed by atoms with Crippen LogP contribution in [0.1, 0.15) is 37.3 Å². The summed E-state index contributed by atoms with van der Waals surface area (Å²) in [6.07, 6.45) is 4.38. The second-order valence-electron chi connectivity index (χ2n) is 5.40. The standard InChI is InChI=1S/C14H18ClF/c1-10-7-13(16)4-3-11(10)8-14(2)6-5-12(15)9-14/h3-4,7,12H,5-6,8-9H2,1-2H3. The smallest absolute Gasteiger partial charge is 0.123 e. The van der Waals surface area contributed by atoms with Crippen LogP contribution in [0.15, 0.2) is 18.2 Å². The number of halogens is 2. The SMILES string of the molecule is Cc1cc(F)ccc1CC1(C)CCC(Cl)C1. The van der Waals surface area contributed by atoms with E-state index in [1.54, 1.807) is 12.1 Å². The second-order valence-corrected chi connectivity index (χ2v) is 6.02. The number of rotatable bonds is 2. The zero-order valence-electron chi connectivity index (χ0n) is 9.89. The molecule has 88 valence electrons. The van der Waals surface area contributed by atoms with E-state index in [1.807, 2.05) is 13.0 Å². The first kappa shape index (κ1) is 11.9. The molecule has 0 saturated heterocycles. The maximum absolute atomic E-state index is 13.0. The van der Waals surface area contributed by atoms with E-state index in [9.17, 15) is 4.39 Å². The van der Waals surface area contributed by atoms with Crippen molar-refractivity contribution in [3.8, 4) is 0 Å². The Hall–Kier alpha value is -0.560. The summed E-state index contributed by atoms with van der Waals surface area (Å²) in [7, 11) is 0. The molecule has 1 aromatic rings. The highest BCUT2D eigenvalue weighted by Gasteiger charge is 2.34. The van der Waals surface area contributed by atoms with Gasteiger partial charge >= 0.3 is 0 Å². The minimum absolute atomic E-state index is 0.145. The highest BCUT2D eigenvalue weighted by atomic mass is 35.5. The molecule has 16 heavy (non-hydrogen) atoms. The molecular weight excluding hydrogens is 223 g/mol. The molecule has 0 aromatic heterocycles. The fraction of sp³-hybridized carbons (Fsp3) is 0.571. The Morgan fingerprint density at radius 2 is 2.25 bits per heavy atom. The van der Waals surface area contributed by atoms with Crippen LogP contribution in [0.2, 0.25) is 0 Å². The Balaban J connectivity index is 2.14. The molecule has 0 amide bonds. The highest BCUT2D eigenvalue weighted by molar-refractivity contribution is 6.20. The third-order valence-corrected chi connectivity index (χ3v) is 4.07. The summed E-state index contributed by atoms with van der Waals surface area (Å²) in [6, 6.07) is 5.09. The van der Waals surface area contributed by atoms with Crippen LogP contribution < -0.4 is 0 Å². The Kier molecular flexibility index (Phi) is 3.25. The van der Waals surface area contributed by atoms with E-state index in [1.165, 1.54) is 12.0 Å². The van der Waals surface area contributed by atoms with E-state index in [0.717, 1.165) is 24.8 Å². The van der Waals surface area contributed by atoms with E-state index in [0.29, 0.717) is 10.8 Å². The van der Waals surface area contributed by atoms with Crippen molar-refractivity contribution in [1.82, 2.24) is 0 Å². The number of aryl methyl sites for hydroxylation is 1. The molecular formula is C14H18ClF. The molecule has 1 aliphatic carbocycles. The fourth-order valence-corrected chi connectivity index (χ4v) is 3.20. The lowest BCUT2D eigenvalue weighted by atomic mass is 9.81. The topological polar surface area (TPSA) is 0 Å². The maximum atomic E-state index is 13.0. The first-order valence-electron chi connectivity index (χ1n) is 5.88. The minimum atomic E-state index is -0.145. The fourth-order valence-electron chi connectivity index (χ4n) is 2.72. The van der Waals surface area contributed by atoms with Gasteiger partial charge in [-0.25, -0.2) is 4.39 Å². The van der Waals surface area contributed by atoms with Gasteiger partial charge in [-0.15, -0.1) is 11.6 Å². The summed E-state index contributed by atoms with van der Waals surface area (Å²) in [4.78, 5) is 0. The normalized spacial score (nSPS) is 29.6. The second kappa shape index (κ2) is 4.37. The van der Waals surface area contributed by atoms with E-state index in [4.69, 9.17) is 11.6 Å². The summed E-state index contributed by atoms with van der Waals surface area (Å²) < 4.78 is 13.0. The lowest BCUT2D eigenvalue weighted by Crippen LogP contribution is -2.16. The van der Waals surface area contributed by atoms with Crippen molar-refractivity contribution in [1.29, 1.82) is 0 Å².